The van der Waals surface area contributed by atoms with E-state index in [-0.39, 0.29) is 5.56 Å². The van der Waals surface area contributed by atoms with Gasteiger partial charge in [0.15, 0.2) is 5.65 Å². The summed E-state index contributed by atoms with van der Waals surface area (Å²) in [5.74, 6) is 1.38. The Morgan fingerprint density at radius 2 is 2.04 bits per heavy atom. The zero-order valence-electron chi connectivity index (χ0n) is 13.8. The van der Waals surface area contributed by atoms with Crippen molar-refractivity contribution in [3.8, 4) is 0 Å². The normalized spacial score (nSPS) is 10.9. The van der Waals surface area contributed by atoms with Gasteiger partial charge in [-0.05, 0) is 13.3 Å². The maximum atomic E-state index is 11.4. The van der Waals surface area contributed by atoms with Gasteiger partial charge in [-0.1, -0.05) is 13.3 Å². The molecule has 24 heavy (non-hydrogen) atoms. The Morgan fingerprint density at radius 1 is 1.21 bits per heavy atom. The van der Waals surface area contributed by atoms with E-state index in [1.54, 1.807) is 17.6 Å². The van der Waals surface area contributed by atoms with Crippen molar-refractivity contribution in [2.45, 2.75) is 26.7 Å². The molecule has 0 aliphatic heterocycles. The molecular formula is C16H21N7O. The van der Waals surface area contributed by atoms with Crippen LogP contribution in [0.1, 0.15) is 24.7 Å². The van der Waals surface area contributed by atoms with Gasteiger partial charge in [0, 0.05) is 42.7 Å². The van der Waals surface area contributed by atoms with Gasteiger partial charge in [0.25, 0.3) is 5.56 Å². The molecule has 0 atom stereocenters. The Morgan fingerprint density at radius 3 is 2.83 bits per heavy atom. The molecule has 0 saturated carbocycles. The van der Waals surface area contributed by atoms with Crippen LogP contribution in [0.3, 0.4) is 0 Å². The number of nitrogens with one attached hydrogen (secondary N) is 3. The minimum atomic E-state index is -0.158. The van der Waals surface area contributed by atoms with Gasteiger partial charge in [-0.3, -0.25) is 9.78 Å². The molecule has 0 aliphatic rings. The third-order valence-electron chi connectivity index (χ3n) is 3.51. The second-order valence-corrected chi connectivity index (χ2v) is 5.57. The van der Waals surface area contributed by atoms with Gasteiger partial charge in [0.1, 0.15) is 5.82 Å². The molecule has 8 nitrogen and oxygen atoms in total. The number of anilines is 2. The number of hydrogen-bond acceptors (Lipinski definition) is 6. The molecular weight excluding hydrogens is 306 g/mol. The van der Waals surface area contributed by atoms with Crippen LogP contribution in [0.4, 0.5) is 11.8 Å². The maximum absolute atomic E-state index is 11.4. The largest absolute Gasteiger partial charge is 0.368 e. The van der Waals surface area contributed by atoms with Crippen molar-refractivity contribution in [2.24, 2.45) is 0 Å². The summed E-state index contributed by atoms with van der Waals surface area (Å²) in [5.41, 5.74) is 2.41. The molecule has 126 valence electrons. The predicted octanol–water partition coefficient (Wildman–Crippen LogP) is 1.60. The minimum absolute atomic E-state index is 0.158. The zero-order chi connectivity index (χ0) is 16.9. The second-order valence-electron chi connectivity index (χ2n) is 5.57. The van der Waals surface area contributed by atoms with Gasteiger partial charge >= 0.3 is 0 Å². The average Bonchev–Trinajstić information content (AvgIpc) is 2.99. The summed E-state index contributed by atoms with van der Waals surface area (Å²) in [4.78, 5) is 22.9. The Hall–Kier alpha value is -2.90. The van der Waals surface area contributed by atoms with Crippen LogP contribution in [0.2, 0.25) is 0 Å². The first-order valence-electron chi connectivity index (χ1n) is 8.05. The monoisotopic (exact) mass is 327 g/mol. The molecule has 0 radical (unpaired) electrons. The molecule has 8 heteroatoms. The lowest BCUT2D eigenvalue weighted by Crippen LogP contribution is -2.19. The maximum Gasteiger partial charge on any atom is 0.252 e. The highest BCUT2D eigenvalue weighted by Crippen LogP contribution is 2.13. The quantitative estimate of drug-likeness (QED) is 0.570. The Balaban J connectivity index is 1.65. The number of nitrogens with zero attached hydrogens (tertiary/aromatic N) is 4. The molecule has 3 N–H and O–H groups in total. The van der Waals surface area contributed by atoms with Gasteiger partial charge in [-0.15, -0.1) is 0 Å². The van der Waals surface area contributed by atoms with Crippen molar-refractivity contribution in [3.05, 3.63) is 46.1 Å². The van der Waals surface area contributed by atoms with Crippen LogP contribution in [0, 0.1) is 6.92 Å². The Bertz CT molecular complexity index is 884. The smallest absolute Gasteiger partial charge is 0.252 e. The van der Waals surface area contributed by atoms with Gasteiger partial charge < -0.3 is 10.6 Å². The fraction of sp³-hybridized carbons (Fsp3) is 0.375. The standard InChI is InChI=1S/C16H21N7O/c1-3-4-12-10-14(23-13(21-12)5-6-19-23)17-7-8-18-16-20-11(2)9-15(24)22-16/h5-6,9-10,17H,3-4,7-8H2,1-2H3,(H2,18,20,22,24). The summed E-state index contributed by atoms with van der Waals surface area (Å²) in [7, 11) is 0. The molecule has 3 rings (SSSR count). The van der Waals surface area contributed by atoms with E-state index in [2.05, 4.69) is 37.6 Å². The second kappa shape index (κ2) is 7.12. The first-order valence-corrected chi connectivity index (χ1v) is 8.05. The molecule has 3 heterocycles. The first kappa shape index (κ1) is 16.0. The highest BCUT2D eigenvalue weighted by molar-refractivity contribution is 5.49. The highest BCUT2D eigenvalue weighted by atomic mass is 16.1. The van der Waals surface area contributed by atoms with Crippen LogP contribution in [0.5, 0.6) is 0 Å². The number of aromatic amines is 1. The van der Waals surface area contributed by atoms with E-state index in [0.29, 0.717) is 24.7 Å². The number of aryl methyl sites for hydroxylation is 2. The topological polar surface area (TPSA) is 100 Å². The summed E-state index contributed by atoms with van der Waals surface area (Å²) < 4.78 is 1.78. The molecule has 0 aliphatic carbocycles. The molecule has 0 fully saturated rings. The van der Waals surface area contributed by atoms with Crippen LogP contribution < -0.4 is 16.2 Å². The van der Waals surface area contributed by atoms with Crippen molar-refractivity contribution >= 4 is 17.4 Å². The van der Waals surface area contributed by atoms with Crippen LogP contribution >= 0.6 is 0 Å². The molecule has 0 bridgehead atoms. The highest BCUT2D eigenvalue weighted by Gasteiger charge is 2.06. The first-order chi connectivity index (χ1) is 11.7. The van der Waals surface area contributed by atoms with Gasteiger partial charge in [0.05, 0.1) is 6.20 Å². The van der Waals surface area contributed by atoms with Gasteiger partial charge in [0.2, 0.25) is 5.95 Å². The van der Waals surface area contributed by atoms with Gasteiger partial charge in [-0.2, -0.15) is 9.61 Å². The van der Waals surface area contributed by atoms with E-state index in [9.17, 15) is 4.79 Å². The third kappa shape index (κ3) is 3.70. The SMILES string of the molecule is CCCc1cc(NCCNc2nc(C)cc(=O)[nH]2)n2nccc2n1. The van der Waals surface area contributed by atoms with E-state index in [4.69, 9.17) is 0 Å². The summed E-state index contributed by atoms with van der Waals surface area (Å²) >= 11 is 0. The van der Waals surface area contributed by atoms with Crippen molar-refractivity contribution in [1.82, 2.24) is 24.6 Å². The number of aromatic nitrogens is 5. The Kier molecular flexibility index (Phi) is 4.74. The van der Waals surface area contributed by atoms with Crippen LogP contribution in [0.15, 0.2) is 29.2 Å². The van der Waals surface area contributed by atoms with Crippen molar-refractivity contribution < 1.29 is 0 Å². The summed E-state index contributed by atoms with van der Waals surface area (Å²) in [5, 5.41) is 10.7. The van der Waals surface area contributed by atoms with E-state index >= 15 is 0 Å². The summed E-state index contributed by atoms with van der Waals surface area (Å²) in [6, 6.07) is 5.38. The van der Waals surface area contributed by atoms with Crippen LogP contribution in [-0.2, 0) is 6.42 Å². The number of hydrogen-bond donors (Lipinski definition) is 3. The summed E-state index contributed by atoms with van der Waals surface area (Å²) in [6.45, 7) is 5.19. The lowest BCUT2D eigenvalue weighted by molar-refractivity contribution is 0.855. The molecule has 0 saturated heterocycles. The van der Waals surface area contributed by atoms with Crippen molar-refractivity contribution in [1.29, 1.82) is 0 Å². The number of fused-ring (bicyclic) bond motifs is 1. The molecule has 0 amide bonds. The summed E-state index contributed by atoms with van der Waals surface area (Å²) in [6.07, 6.45) is 3.72. The van der Waals surface area contributed by atoms with Crippen molar-refractivity contribution in [2.75, 3.05) is 23.7 Å². The fourth-order valence-electron chi connectivity index (χ4n) is 2.51. The third-order valence-corrected chi connectivity index (χ3v) is 3.51. The number of rotatable bonds is 7. The predicted molar refractivity (Wildman–Crippen MR) is 93.6 cm³/mol. The van der Waals surface area contributed by atoms with Crippen LogP contribution in [-0.4, -0.2) is 37.7 Å². The van der Waals surface area contributed by atoms with Crippen molar-refractivity contribution in [3.63, 3.8) is 0 Å². The number of H-pyrrole nitrogens is 1. The Labute approximate surface area is 139 Å². The average molecular weight is 327 g/mol. The van der Waals surface area contributed by atoms with E-state index < -0.39 is 0 Å². The van der Waals surface area contributed by atoms with E-state index in [0.717, 1.165) is 30.0 Å². The minimum Gasteiger partial charge on any atom is -0.368 e. The lowest BCUT2D eigenvalue weighted by atomic mass is 10.2. The molecule has 0 spiro atoms. The zero-order valence-corrected chi connectivity index (χ0v) is 13.8. The fourth-order valence-corrected chi connectivity index (χ4v) is 2.51. The molecule has 3 aromatic rings. The molecule has 0 aromatic carbocycles. The van der Waals surface area contributed by atoms with Gasteiger partial charge in [-0.25, -0.2) is 9.97 Å². The lowest BCUT2D eigenvalue weighted by Gasteiger charge is -2.11. The van der Waals surface area contributed by atoms with E-state index in [1.165, 1.54) is 6.07 Å². The van der Waals surface area contributed by atoms with E-state index in [1.807, 2.05) is 12.1 Å². The van der Waals surface area contributed by atoms with Crippen LogP contribution in [0.25, 0.3) is 5.65 Å². The molecule has 0 unspecified atom stereocenters. The molecule has 3 aromatic heterocycles.